The summed E-state index contributed by atoms with van der Waals surface area (Å²) < 4.78 is 11.6. The lowest BCUT2D eigenvalue weighted by Crippen LogP contribution is -2.44. The van der Waals surface area contributed by atoms with Crippen molar-refractivity contribution in [2.45, 2.75) is 12.6 Å². The molecule has 1 N–H and O–H groups in total. The summed E-state index contributed by atoms with van der Waals surface area (Å²) in [4.78, 5) is 2.30. The van der Waals surface area contributed by atoms with Gasteiger partial charge in [0.2, 0.25) is 0 Å². The Kier molecular flexibility index (Phi) is 4.70. The van der Waals surface area contributed by atoms with Crippen molar-refractivity contribution >= 4 is 0 Å². The van der Waals surface area contributed by atoms with Gasteiger partial charge in [-0.05, 0) is 19.2 Å². The lowest BCUT2D eigenvalue weighted by molar-refractivity contribution is -0.0183. The molecule has 0 amide bonds. The van der Waals surface area contributed by atoms with Crippen LogP contribution >= 0.6 is 0 Å². The average molecular weight is 286 g/mol. The fraction of sp³-hybridized carbons (Fsp3) is 0.412. The van der Waals surface area contributed by atoms with Crippen molar-refractivity contribution in [1.82, 2.24) is 10.2 Å². The molecule has 1 unspecified atom stereocenters. The maximum atomic E-state index is 5.87. The van der Waals surface area contributed by atoms with Gasteiger partial charge in [-0.2, -0.15) is 0 Å². The van der Waals surface area contributed by atoms with Gasteiger partial charge in [0.05, 0.1) is 19.3 Å². The normalized spacial score (nSPS) is 19.8. The third-order valence-corrected chi connectivity index (χ3v) is 3.73. The molecule has 1 saturated heterocycles. The highest BCUT2D eigenvalue weighted by atomic mass is 16.5. The summed E-state index contributed by atoms with van der Waals surface area (Å²) >= 11 is 0. The molecule has 1 aromatic carbocycles. The van der Waals surface area contributed by atoms with Crippen LogP contribution in [0.3, 0.4) is 0 Å². The molecule has 1 aliphatic rings. The van der Waals surface area contributed by atoms with Crippen molar-refractivity contribution in [1.29, 1.82) is 0 Å². The maximum Gasteiger partial charge on any atom is 0.134 e. The standard InChI is InChI=1S/C17H22N2O2/c1-19-9-10-20-16(13-19)12-18-11-15-7-8-17(21-15)14-5-3-2-4-6-14/h2-8,16,18H,9-13H2,1H3. The Bertz CT molecular complexity index is 553. The summed E-state index contributed by atoms with van der Waals surface area (Å²) in [5.74, 6) is 1.87. The van der Waals surface area contributed by atoms with E-state index in [2.05, 4.69) is 29.4 Å². The molecule has 0 aliphatic carbocycles. The second kappa shape index (κ2) is 6.89. The molecule has 0 bridgehead atoms. The van der Waals surface area contributed by atoms with Crippen molar-refractivity contribution in [2.75, 3.05) is 33.3 Å². The Morgan fingerprint density at radius 3 is 2.86 bits per heavy atom. The van der Waals surface area contributed by atoms with Gasteiger partial charge in [-0.1, -0.05) is 30.3 Å². The largest absolute Gasteiger partial charge is 0.460 e. The Labute approximate surface area is 125 Å². The van der Waals surface area contributed by atoms with Gasteiger partial charge in [0.25, 0.3) is 0 Å². The number of likely N-dealkylation sites (N-methyl/N-ethyl adjacent to an activating group) is 1. The molecule has 1 aromatic heterocycles. The number of furan rings is 1. The molecule has 0 saturated carbocycles. The number of nitrogens with zero attached hydrogens (tertiary/aromatic N) is 1. The van der Waals surface area contributed by atoms with E-state index in [9.17, 15) is 0 Å². The highest BCUT2D eigenvalue weighted by molar-refractivity contribution is 5.57. The summed E-state index contributed by atoms with van der Waals surface area (Å²) in [5, 5.41) is 3.41. The molecule has 2 heterocycles. The van der Waals surface area contributed by atoms with Crippen LogP contribution in [-0.2, 0) is 11.3 Å². The molecule has 0 spiro atoms. The van der Waals surface area contributed by atoms with E-state index in [1.54, 1.807) is 0 Å². The first-order valence-corrected chi connectivity index (χ1v) is 7.46. The highest BCUT2D eigenvalue weighted by Crippen LogP contribution is 2.21. The number of ether oxygens (including phenoxy) is 1. The summed E-state index contributed by atoms with van der Waals surface area (Å²) in [5.41, 5.74) is 1.11. The zero-order valence-electron chi connectivity index (χ0n) is 12.4. The second-order valence-electron chi connectivity index (χ2n) is 5.52. The van der Waals surface area contributed by atoms with Crippen molar-refractivity contribution in [3.05, 3.63) is 48.2 Å². The van der Waals surface area contributed by atoms with Crippen molar-refractivity contribution < 1.29 is 9.15 Å². The van der Waals surface area contributed by atoms with Crippen LogP contribution in [0.4, 0.5) is 0 Å². The Morgan fingerprint density at radius 1 is 1.19 bits per heavy atom. The number of benzene rings is 1. The second-order valence-corrected chi connectivity index (χ2v) is 5.52. The monoisotopic (exact) mass is 286 g/mol. The van der Waals surface area contributed by atoms with E-state index in [1.165, 1.54) is 0 Å². The van der Waals surface area contributed by atoms with E-state index >= 15 is 0 Å². The molecule has 21 heavy (non-hydrogen) atoms. The first kappa shape index (κ1) is 14.3. The minimum absolute atomic E-state index is 0.271. The van der Waals surface area contributed by atoms with Crippen LogP contribution in [0, 0.1) is 0 Å². The molecule has 4 nitrogen and oxygen atoms in total. The molecule has 4 heteroatoms. The van der Waals surface area contributed by atoms with E-state index < -0.39 is 0 Å². The fourth-order valence-corrected chi connectivity index (χ4v) is 2.58. The quantitative estimate of drug-likeness (QED) is 0.915. The summed E-state index contributed by atoms with van der Waals surface area (Å²) in [7, 11) is 2.13. The molecule has 112 valence electrons. The lowest BCUT2D eigenvalue weighted by atomic mass is 10.2. The van der Waals surface area contributed by atoms with Crippen LogP contribution < -0.4 is 5.32 Å². The predicted octanol–water partition coefficient (Wildman–Crippen LogP) is 2.37. The van der Waals surface area contributed by atoms with Gasteiger partial charge in [-0.3, -0.25) is 0 Å². The van der Waals surface area contributed by atoms with E-state index in [4.69, 9.17) is 9.15 Å². The van der Waals surface area contributed by atoms with Gasteiger partial charge in [-0.15, -0.1) is 0 Å². The van der Waals surface area contributed by atoms with E-state index in [0.717, 1.165) is 49.9 Å². The van der Waals surface area contributed by atoms with Crippen LogP contribution in [0.1, 0.15) is 5.76 Å². The van der Waals surface area contributed by atoms with Crippen LogP contribution in [0.5, 0.6) is 0 Å². The Balaban J connectivity index is 1.49. The summed E-state index contributed by atoms with van der Waals surface area (Å²) in [6.07, 6.45) is 0.271. The molecular formula is C17H22N2O2. The molecular weight excluding hydrogens is 264 g/mol. The fourth-order valence-electron chi connectivity index (χ4n) is 2.58. The number of hydrogen-bond acceptors (Lipinski definition) is 4. The SMILES string of the molecule is CN1CCOC(CNCc2ccc(-c3ccccc3)o2)C1. The molecule has 0 radical (unpaired) electrons. The average Bonchev–Trinajstić information content (AvgIpc) is 2.97. The van der Waals surface area contributed by atoms with Gasteiger partial charge >= 0.3 is 0 Å². The molecule has 3 rings (SSSR count). The van der Waals surface area contributed by atoms with E-state index in [0.29, 0.717) is 0 Å². The Hall–Kier alpha value is -1.62. The zero-order chi connectivity index (χ0) is 14.5. The first-order valence-electron chi connectivity index (χ1n) is 7.46. The number of hydrogen-bond donors (Lipinski definition) is 1. The van der Waals surface area contributed by atoms with Crippen molar-refractivity contribution in [2.24, 2.45) is 0 Å². The predicted molar refractivity (Wildman–Crippen MR) is 83.1 cm³/mol. The zero-order valence-corrected chi connectivity index (χ0v) is 12.4. The van der Waals surface area contributed by atoms with Gasteiger partial charge < -0.3 is 19.4 Å². The van der Waals surface area contributed by atoms with E-state index in [-0.39, 0.29) is 6.10 Å². The molecule has 2 aromatic rings. The molecule has 1 atom stereocenters. The van der Waals surface area contributed by atoms with Gasteiger partial charge in [0.15, 0.2) is 0 Å². The first-order chi connectivity index (χ1) is 10.3. The number of rotatable bonds is 5. The van der Waals surface area contributed by atoms with Crippen LogP contribution in [0.2, 0.25) is 0 Å². The van der Waals surface area contributed by atoms with Crippen molar-refractivity contribution in [3.63, 3.8) is 0 Å². The minimum Gasteiger partial charge on any atom is -0.460 e. The third-order valence-electron chi connectivity index (χ3n) is 3.73. The van der Waals surface area contributed by atoms with E-state index in [1.807, 2.05) is 30.3 Å². The third kappa shape index (κ3) is 3.94. The Morgan fingerprint density at radius 2 is 2.05 bits per heavy atom. The highest BCUT2D eigenvalue weighted by Gasteiger charge is 2.17. The molecule has 1 aliphatic heterocycles. The van der Waals surface area contributed by atoms with Gasteiger partial charge in [-0.25, -0.2) is 0 Å². The summed E-state index contributed by atoms with van der Waals surface area (Å²) in [6, 6.07) is 14.2. The number of nitrogens with one attached hydrogen (secondary N) is 1. The van der Waals surface area contributed by atoms with Gasteiger partial charge in [0.1, 0.15) is 11.5 Å². The topological polar surface area (TPSA) is 37.6 Å². The van der Waals surface area contributed by atoms with Crippen molar-refractivity contribution in [3.8, 4) is 11.3 Å². The maximum absolute atomic E-state index is 5.87. The lowest BCUT2D eigenvalue weighted by Gasteiger charge is -2.30. The van der Waals surface area contributed by atoms with Crippen LogP contribution in [-0.4, -0.2) is 44.3 Å². The minimum atomic E-state index is 0.271. The van der Waals surface area contributed by atoms with Crippen LogP contribution in [0.25, 0.3) is 11.3 Å². The van der Waals surface area contributed by atoms with Gasteiger partial charge in [0, 0.05) is 25.2 Å². The molecule has 1 fully saturated rings. The number of morpholine rings is 1. The summed E-state index contributed by atoms with van der Waals surface area (Å²) in [6.45, 7) is 4.42. The van der Waals surface area contributed by atoms with Crippen LogP contribution in [0.15, 0.2) is 46.9 Å². The smallest absolute Gasteiger partial charge is 0.134 e.